The first-order valence-corrected chi connectivity index (χ1v) is 13.6. The smallest absolute Gasteiger partial charge is 0.225 e. The molecule has 3 saturated heterocycles. The Balaban J connectivity index is 1.09. The van der Waals surface area contributed by atoms with Gasteiger partial charge in [0.1, 0.15) is 5.78 Å². The van der Waals surface area contributed by atoms with Crippen molar-refractivity contribution in [3.8, 4) is 0 Å². The second-order valence-electron chi connectivity index (χ2n) is 11.2. The zero-order chi connectivity index (χ0) is 22.9. The Hall–Kier alpha value is -1.53. The van der Waals surface area contributed by atoms with Crippen LogP contribution in [0.4, 0.5) is 5.95 Å². The van der Waals surface area contributed by atoms with Crippen LogP contribution in [0.25, 0.3) is 0 Å². The second kappa shape index (κ2) is 9.99. The molecule has 3 atom stereocenters. The number of hydrogen-bond donors (Lipinski definition) is 0. The monoisotopic (exact) mass is 453 g/mol. The van der Waals surface area contributed by atoms with E-state index in [-0.39, 0.29) is 5.92 Å². The zero-order valence-electron chi connectivity index (χ0n) is 21.0. The maximum Gasteiger partial charge on any atom is 0.225 e. The average Bonchev–Trinajstić information content (AvgIpc) is 3.09. The Morgan fingerprint density at radius 1 is 1.00 bits per heavy atom. The maximum atomic E-state index is 12.2. The molecule has 0 amide bonds. The summed E-state index contributed by atoms with van der Waals surface area (Å²) in [5.74, 6) is 2.89. The number of Topliss-reactive ketones (excluding diaryl/α,β-unsaturated/α-hetero) is 1. The van der Waals surface area contributed by atoms with E-state index in [0.29, 0.717) is 35.7 Å². The number of fused-ring (bicyclic) bond motifs is 2. The van der Waals surface area contributed by atoms with Crippen LogP contribution in [0.2, 0.25) is 0 Å². The molecule has 0 spiro atoms. The van der Waals surface area contributed by atoms with E-state index in [4.69, 9.17) is 9.97 Å². The van der Waals surface area contributed by atoms with E-state index in [1.807, 2.05) is 0 Å². The number of likely N-dealkylation sites (N-methyl/N-ethyl adjacent to an activating group) is 1. The Morgan fingerprint density at radius 3 is 2.21 bits per heavy atom. The van der Waals surface area contributed by atoms with Crippen LogP contribution < -0.4 is 4.90 Å². The van der Waals surface area contributed by atoms with Crippen molar-refractivity contribution in [3.63, 3.8) is 0 Å². The molecule has 0 aromatic carbocycles. The van der Waals surface area contributed by atoms with Crippen LogP contribution in [0.15, 0.2) is 12.4 Å². The molecule has 1 aromatic heterocycles. The molecule has 6 heteroatoms. The Kier molecular flexibility index (Phi) is 7.03. The van der Waals surface area contributed by atoms with E-state index < -0.39 is 0 Å². The summed E-state index contributed by atoms with van der Waals surface area (Å²) in [6.45, 7) is 12.3. The summed E-state index contributed by atoms with van der Waals surface area (Å²) < 4.78 is 0. The molecule has 0 radical (unpaired) electrons. The molecular weight excluding hydrogens is 410 g/mol. The van der Waals surface area contributed by atoms with Crippen molar-refractivity contribution in [2.75, 3.05) is 37.6 Å². The fourth-order valence-corrected chi connectivity index (χ4v) is 6.73. The lowest BCUT2D eigenvalue weighted by molar-refractivity contribution is -0.124. The normalized spacial score (nSPS) is 32.0. The predicted molar refractivity (Wildman–Crippen MR) is 133 cm³/mol. The molecule has 4 aliphatic rings. The first kappa shape index (κ1) is 23.2. The predicted octanol–water partition coefficient (Wildman–Crippen LogP) is 4.11. The number of anilines is 1. The summed E-state index contributed by atoms with van der Waals surface area (Å²) in [6.07, 6.45) is 13.4. The number of nitrogens with zero attached hydrogens (tertiary/aromatic N) is 5. The molecule has 4 heterocycles. The van der Waals surface area contributed by atoms with E-state index in [1.165, 1.54) is 57.2 Å². The summed E-state index contributed by atoms with van der Waals surface area (Å²) in [4.78, 5) is 29.7. The molecule has 5 rings (SSSR count). The molecule has 1 aliphatic carbocycles. The van der Waals surface area contributed by atoms with Gasteiger partial charge in [-0.2, -0.15) is 0 Å². The molecule has 33 heavy (non-hydrogen) atoms. The molecule has 1 aromatic rings. The minimum atomic E-state index is 0.240. The largest absolute Gasteiger partial charge is 0.332 e. The Morgan fingerprint density at radius 2 is 1.64 bits per heavy atom. The minimum absolute atomic E-state index is 0.240. The first-order valence-electron chi connectivity index (χ1n) is 13.6. The summed E-state index contributed by atoms with van der Waals surface area (Å²) in [7, 11) is 0. The molecule has 1 saturated carbocycles. The van der Waals surface area contributed by atoms with Crippen molar-refractivity contribution in [1.29, 1.82) is 0 Å². The van der Waals surface area contributed by atoms with Gasteiger partial charge in [0.25, 0.3) is 0 Å². The van der Waals surface area contributed by atoms with Gasteiger partial charge in [0.15, 0.2) is 0 Å². The third-order valence-corrected chi connectivity index (χ3v) is 9.27. The number of rotatable bonds is 8. The fraction of sp³-hybridized carbons (Fsp3) is 0.815. The summed E-state index contributed by atoms with van der Waals surface area (Å²) in [6, 6.07) is 1.88. The zero-order valence-corrected chi connectivity index (χ0v) is 21.0. The lowest BCUT2D eigenvalue weighted by atomic mass is 9.74. The van der Waals surface area contributed by atoms with Crippen molar-refractivity contribution in [3.05, 3.63) is 18.0 Å². The van der Waals surface area contributed by atoms with Gasteiger partial charge in [-0.1, -0.05) is 20.8 Å². The van der Waals surface area contributed by atoms with Crippen molar-refractivity contribution < 1.29 is 4.79 Å². The van der Waals surface area contributed by atoms with Crippen LogP contribution in [-0.4, -0.2) is 76.4 Å². The lowest BCUT2D eigenvalue weighted by Gasteiger charge is -2.46. The molecule has 4 fully saturated rings. The van der Waals surface area contributed by atoms with Gasteiger partial charge in [-0.3, -0.25) is 9.69 Å². The highest BCUT2D eigenvalue weighted by Crippen LogP contribution is 2.39. The number of likely N-dealkylation sites (tertiary alicyclic amines) is 2. The third-order valence-electron chi connectivity index (χ3n) is 9.27. The van der Waals surface area contributed by atoms with E-state index in [1.54, 1.807) is 0 Å². The molecule has 3 aliphatic heterocycles. The maximum absolute atomic E-state index is 12.2. The molecular formula is C27H43N5O. The van der Waals surface area contributed by atoms with Crippen molar-refractivity contribution in [2.45, 2.75) is 96.2 Å². The highest BCUT2D eigenvalue weighted by atomic mass is 16.1. The van der Waals surface area contributed by atoms with Gasteiger partial charge in [0.05, 0.1) is 0 Å². The van der Waals surface area contributed by atoms with E-state index in [2.05, 4.69) is 47.9 Å². The first-order chi connectivity index (χ1) is 16.1. The average molecular weight is 454 g/mol. The lowest BCUT2D eigenvalue weighted by Crippen LogP contribution is -2.54. The van der Waals surface area contributed by atoms with Crippen LogP contribution in [0, 0.1) is 11.8 Å². The highest BCUT2D eigenvalue weighted by Gasteiger charge is 2.41. The van der Waals surface area contributed by atoms with Gasteiger partial charge in [-0.15, -0.1) is 0 Å². The standard InChI is InChI=1S/C27H43N5O/c1-4-19(3)26(33)14-20-12-25(13-20)31-10-8-21(9-11-31)22-15-28-27(29-16-22)32-23-6-7-24(32)18-30(5-2)17-23/h15-16,19-21,23-25H,4-14,17-18H2,1-3H3/t19?,20-,23?,24?,25-. The van der Waals surface area contributed by atoms with Crippen LogP contribution in [0.3, 0.4) is 0 Å². The number of aromatic nitrogens is 2. The van der Waals surface area contributed by atoms with Crippen LogP contribution in [0.1, 0.15) is 83.6 Å². The topological polar surface area (TPSA) is 52.6 Å². The Labute approximate surface area is 200 Å². The Bertz CT molecular complexity index is 785. The number of piperazine rings is 1. The van der Waals surface area contributed by atoms with Gasteiger partial charge in [0.2, 0.25) is 5.95 Å². The molecule has 2 bridgehead atoms. The summed E-state index contributed by atoms with van der Waals surface area (Å²) in [5.41, 5.74) is 1.32. The molecule has 3 unspecified atom stereocenters. The SMILES string of the molecule is CCC(C)C(=O)C[C@H]1C[C@H](N2CCC(c3cnc(N4C5CCC4CN(CC)C5)nc3)CC2)C1. The van der Waals surface area contributed by atoms with Crippen LogP contribution in [0.5, 0.6) is 0 Å². The van der Waals surface area contributed by atoms with E-state index >= 15 is 0 Å². The number of hydrogen-bond acceptors (Lipinski definition) is 6. The van der Waals surface area contributed by atoms with Gasteiger partial charge in [0, 0.05) is 55.9 Å². The third kappa shape index (κ3) is 4.84. The molecule has 0 N–H and O–H groups in total. The minimum Gasteiger partial charge on any atom is -0.332 e. The van der Waals surface area contributed by atoms with Crippen molar-refractivity contribution >= 4 is 11.7 Å². The number of carbonyl (C=O) groups is 1. The van der Waals surface area contributed by atoms with Gasteiger partial charge in [-0.05, 0) is 82.0 Å². The van der Waals surface area contributed by atoms with Crippen molar-refractivity contribution in [2.24, 2.45) is 11.8 Å². The van der Waals surface area contributed by atoms with E-state index in [9.17, 15) is 4.79 Å². The van der Waals surface area contributed by atoms with Gasteiger partial charge in [-0.25, -0.2) is 9.97 Å². The molecule has 182 valence electrons. The van der Waals surface area contributed by atoms with Crippen LogP contribution in [-0.2, 0) is 4.79 Å². The molecule has 6 nitrogen and oxygen atoms in total. The van der Waals surface area contributed by atoms with Crippen molar-refractivity contribution in [1.82, 2.24) is 19.8 Å². The van der Waals surface area contributed by atoms with E-state index in [0.717, 1.165) is 38.4 Å². The summed E-state index contributed by atoms with van der Waals surface area (Å²) in [5, 5.41) is 0. The number of carbonyl (C=O) groups excluding carboxylic acids is 1. The summed E-state index contributed by atoms with van der Waals surface area (Å²) >= 11 is 0. The number of piperidine rings is 1. The number of ketones is 1. The van der Waals surface area contributed by atoms with Gasteiger partial charge < -0.3 is 9.80 Å². The quantitative estimate of drug-likeness (QED) is 0.590. The highest BCUT2D eigenvalue weighted by molar-refractivity contribution is 5.80. The fourth-order valence-electron chi connectivity index (χ4n) is 6.73. The second-order valence-corrected chi connectivity index (χ2v) is 11.2. The van der Waals surface area contributed by atoms with Gasteiger partial charge >= 0.3 is 0 Å². The van der Waals surface area contributed by atoms with Crippen LogP contribution >= 0.6 is 0 Å².